The van der Waals surface area contributed by atoms with Gasteiger partial charge in [-0.3, -0.25) is 10.1 Å². The van der Waals surface area contributed by atoms with E-state index in [1.54, 1.807) is 0 Å². The Hall–Kier alpha value is -0.610. The van der Waals surface area contributed by atoms with Gasteiger partial charge in [-0.05, 0) is 12.8 Å². The summed E-state index contributed by atoms with van der Waals surface area (Å²) in [5, 5.41) is 3.37. The number of nitrogens with one attached hydrogen (secondary N) is 1. The Morgan fingerprint density at radius 3 is 1.95 bits per heavy atom. The van der Waals surface area contributed by atoms with E-state index in [1.165, 1.54) is 77.6 Å². The Labute approximate surface area is 131 Å². The molecular formula is C17H36N2O2. The van der Waals surface area contributed by atoms with Crippen LogP contribution in [-0.2, 0) is 9.53 Å². The fourth-order valence-corrected chi connectivity index (χ4v) is 2.48. The fraction of sp³-hybridized carbons (Fsp3) is 0.941. The van der Waals surface area contributed by atoms with E-state index in [9.17, 15) is 4.79 Å². The molecule has 0 saturated carbocycles. The van der Waals surface area contributed by atoms with Crippen molar-refractivity contribution in [3.05, 3.63) is 0 Å². The molecule has 0 aliphatic carbocycles. The van der Waals surface area contributed by atoms with Crippen molar-refractivity contribution in [3.8, 4) is 0 Å². The van der Waals surface area contributed by atoms with Crippen molar-refractivity contribution in [1.29, 1.82) is 0 Å². The van der Waals surface area contributed by atoms with E-state index < -0.39 is 0 Å². The zero-order chi connectivity index (χ0) is 15.8. The van der Waals surface area contributed by atoms with Crippen LogP contribution in [-0.4, -0.2) is 25.3 Å². The first-order valence-corrected chi connectivity index (χ1v) is 8.77. The third kappa shape index (κ3) is 17.3. The fourth-order valence-electron chi connectivity index (χ4n) is 2.48. The zero-order valence-electron chi connectivity index (χ0n) is 14.2. The number of rotatable bonds is 11. The smallest absolute Gasteiger partial charge is 0.214 e. The maximum Gasteiger partial charge on any atom is 0.214 e. The van der Waals surface area contributed by atoms with Crippen LogP contribution in [0.4, 0.5) is 0 Å². The predicted molar refractivity (Wildman–Crippen MR) is 89.1 cm³/mol. The minimum atomic E-state index is -0.333. The number of carbonyl (C=O) groups excluding carboxylic acids is 1. The normalized spacial score (nSPS) is 17.3. The molecule has 1 saturated heterocycles. The van der Waals surface area contributed by atoms with Crippen molar-refractivity contribution in [3.63, 3.8) is 0 Å². The van der Waals surface area contributed by atoms with Gasteiger partial charge in [-0.2, -0.15) is 0 Å². The molecule has 0 bridgehead atoms. The second-order valence-corrected chi connectivity index (χ2v) is 5.89. The summed E-state index contributed by atoms with van der Waals surface area (Å²) in [6.45, 7) is 5.54. The third-order valence-corrected chi connectivity index (χ3v) is 3.61. The van der Waals surface area contributed by atoms with Crippen molar-refractivity contribution in [2.75, 3.05) is 13.2 Å². The molecule has 1 atom stereocenters. The summed E-state index contributed by atoms with van der Waals surface area (Å²) in [6.07, 6.45) is 15.7. The summed E-state index contributed by atoms with van der Waals surface area (Å²) < 4.78 is 5.52. The number of ether oxygens (including phenoxy) is 1. The highest BCUT2D eigenvalue weighted by atomic mass is 16.5. The molecule has 1 heterocycles. The summed E-state index contributed by atoms with van der Waals surface area (Å²) in [5.41, 5.74) is 4.47. The number of amides is 1. The summed E-state index contributed by atoms with van der Waals surface area (Å²) in [6, 6.07) is 0. The summed E-state index contributed by atoms with van der Waals surface area (Å²) in [5.74, 6) is -0.333. The summed E-state index contributed by atoms with van der Waals surface area (Å²) >= 11 is 0. The van der Waals surface area contributed by atoms with Crippen LogP contribution < -0.4 is 11.1 Å². The second-order valence-electron chi connectivity index (χ2n) is 5.89. The van der Waals surface area contributed by atoms with E-state index in [0.29, 0.717) is 6.23 Å². The van der Waals surface area contributed by atoms with Crippen LogP contribution in [0.25, 0.3) is 0 Å². The maximum absolute atomic E-state index is 9.22. The van der Waals surface area contributed by atoms with Crippen LogP contribution in [0.2, 0.25) is 0 Å². The molecule has 0 aromatic carbocycles. The first-order chi connectivity index (χ1) is 10.2. The highest BCUT2D eigenvalue weighted by Gasteiger charge is 2.12. The third-order valence-electron chi connectivity index (χ3n) is 3.61. The van der Waals surface area contributed by atoms with E-state index in [4.69, 9.17) is 4.74 Å². The van der Waals surface area contributed by atoms with Gasteiger partial charge in [0, 0.05) is 13.5 Å². The van der Waals surface area contributed by atoms with Crippen molar-refractivity contribution >= 4 is 5.91 Å². The molecule has 0 radical (unpaired) electrons. The average Bonchev–Trinajstić information content (AvgIpc) is 2.93. The van der Waals surface area contributed by atoms with Gasteiger partial charge >= 0.3 is 0 Å². The molecule has 1 amide bonds. The Kier molecular flexibility index (Phi) is 15.3. The van der Waals surface area contributed by atoms with Crippen LogP contribution in [0.3, 0.4) is 0 Å². The van der Waals surface area contributed by atoms with Gasteiger partial charge in [0.15, 0.2) is 0 Å². The van der Waals surface area contributed by atoms with Gasteiger partial charge in [-0.1, -0.05) is 64.7 Å². The van der Waals surface area contributed by atoms with Gasteiger partial charge < -0.3 is 10.5 Å². The molecule has 21 heavy (non-hydrogen) atoms. The van der Waals surface area contributed by atoms with E-state index >= 15 is 0 Å². The van der Waals surface area contributed by atoms with Crippen LogP contribution in [0.1, 0.15) is 84.5 Å². The molecule has 0 aromatic heterocycles. The number of hydrogen-bond acceptors (Lipinski definition) is 3. The number of unbranched alkanes of at least 4 members (excludes halogenated alkanes) is 9. The molecular weight excluding hydrogens is 264 g/mol. The number of hydrogen-bond donors (Lipinski definition) is 2. The summed E-state index contributed by atoms with van der Waals surface area (Å²) in [7, 11) is 0. The van der Waals surface area contributed by atoms with Crippen LogP contribution in [0.15, 0.2) is 0 Å². The van der Waals surface area contributed by atoms with E-state index in [0.717, 1.165) is 13.2 Å². The standard InChI is InChI=1S/C15H31NO.C2H5NO/c1-2-3-4-5-6-7-8-9-10-11-12-15-16-13-14-17-15;1-2(3)4/h15-16H,2-14H2,1H3;1H3,(H2,3,4). The number of primary amides is 1. The first kappa shape index (κ1) is 20.4. The summed E-state index contributed by atoms with van der Waals surface area (Å²) in [4.78, 5) is 9.22. The van der Waals surface area contributed by atoms with Crippen molar-refractivity contribution < 1.29 is 9.53 Å². The maximum atomic E-state index is 9.22. The predicted octanol–water partition coefficient (Wildman–Crippen LogP) is 3.73. The highest BCUT2D eigenvalue weighted by Crippen LogP contribution is 2.12. The van der Waals surface area contributed by atoms with Gasteiger partial charge in [0.25, 0.3) is 0 Å². The van der Waals surface area contributed by atoms with E-state index in [-0.39, 0.29) is 5.91 Å². The molecule has 1 fully saturated rings. The van der Waals surface area contributed by atoms with Gasteiger partial charge in [-0.25, -0.2) is 0 Å². The van der Waals surface area contributed by atoms with Crippen molar-refractivity contribution in [2.24, 2.45) is 5.73 Å². The lowest BCUT2D eigenvalue weighted by Gasteiger charge is -2.08. The zero-order valence-corrected chi connectivity index (χ0v) is 14.2. The molecule has 126 valence electrons. The monoisotopic (exact) mass is 300 g/mol. The molecule has 4 heteroatoms. The molecule has 1 aliphatic rings. The molecule has 3 N–H and O–H groups in total. The van der Waals surface area contributed by atoms with Crippen LogP contribution in [0, 0.1) is 0 Å². The Morgan fingerprint density at radius 1 is 1.05 bits per heavy atom. The molecule has 4 nitrogen and oxygen atoms in total. The van der Waals surface area contributed by atoms with Crippen LogP contribution in [0.5, 0.6) is 0 Å². The van der Waals surface area contributed by atoms with Crippen molar-refractivity contribution in [1.82, 2.24) is 5.32 Å². The lowest BCUT2D eigenvalue weighted by Crippen LogP contribution is -2.21. The molecule has 0 spiro atoms. The largest absolute Gasteiger partial charge is 0.370 e. The molecule has 1 unspecified atom stereocenters. The minimum Gasteiger partial charge on any atom is -0.370 e. The lowest BCUT2D eigenvalue weighted by molar-refractivity contribution is -0.115. The van der Waals surface area contributed by atoms with Gasteiger partial charge in [-0.15, -0.1) is 0 Å². The average molecular weight is 300 g/mol. The van der Waals surface area contributed by atoms with Crippen LogP contribution >= 0.6 is 0 Å². The SMILES string of the molecule is CC(N)=O.CCCCCCCCCCCCC1NCCO1. The lowest BCUT2D eigenvalue weighted by atomic mass is 10.1. The number of carbonyl (C=O) groups is 1. The van der Waals surface area contributed by atoms with E-state index in [2.05, 4.69) is 18.0 Å². The van der Waals surface area contributed by atoms with E-state index in [1.807, 2.05) is 0 Å². The topological polar surface area (TPSA) is 64.4 Å². The minimum absolute atomic E-state index is 0.333. The molecule has 1 rings (SSSR count). The second kappa shape index (κ2) is 15.8. The molecule has 1 aliphatic heterocycles. The highest BCUT2D eigenvalue weighted by molar-refractivity contribution is 5.70. The first-order valence-electron chi connectivity index (χ1n) is 8.77. The Morgan fingerprint density at radius 2 is 1.52 bits per heavy atom. The quantitative estimate of drug-likeness (QED) is 0.571. The Balaban J connectivity index is 0.000000885. The van der Waals surface area contributed by atoms with Gasteiger partial charge in [0.05, 0.1) is 6.61 Å². The number of nitrogens with two attached hydrogens (primary N) is 1. The molecule has 0 aromatic rings. The van der Waals surface area contributed by atoms with Crippen molar-refractivity contribution in [2.45, 2.75) is 90.7 Å². The Bertz CT molecular complexity index is 225. The van der Waals surface area contributed by atoms with Gasteiger partial charge in [0.1, 0.15) is 6.23 Å². The van der Waals surface area contributed by atoms with Gasteiger partial charge in [0.2, 0.25) is 5.91 Å².